The molecule has 0 amide bonds. The quantitative estimate of drug-likeness (QED) is 0.286. The molecule has 0 saturated carbocycles. The largest absolute Gasteiger partial charge is 0.417 e. The first-order chi connectivity index (χ1) is 18.6. The minimum atomic E-state index is -4.63. The Morgan fingerprint density at radius 1 is 0.769 bits per heavy atom. The SMILES string of the molecule is N=C(N)N1CC=C(c2ccc(-c3nnc(-c4ccc(C5=CCN(C(=N)N)CC5)cc4C(F)(F)F)o3)cc2)CC1. The monoisotopic (exact) mass is 536 g/mol. The van der Waals surface area contributed by atoms with Gasteiger partial charge >= 0.3 is 6.18 Å². The number of halogens is 3. The van der Waals surface area contributed by atoms with Crippen molar-refractivity contribution in [2.45, 2.75) is 19.0 Å². The third kappa shape index (κ3) is 5.49. The topological polar surface area (TPSA) is 145 Å². The lowest BCUT2D eigenvalue weighted by Gasteiger charge is -2.27. The Labute approximate surface area is 222 Å². The molecule has 0 fully saturated rings. The molecule has 2 aliphatic heterocycles. The fourth-order valence-electron chi connectivity index (χ4n) is 4.74. The average molecular weight is 537 g/mol. The summed E-state index contributed by atoms with van der Waals surface area (Å²) in [6.45, 7) is 2.05. The van der Waals surface area contributed by atoms with Gasteiger partial charge in [-0.2, -0.15) is 13.2 Å². The number of rotatable bonds is 4. The van der Waals surface area contributed by atoms with Crippen LogP contribution in [0.25, 0.3) is 34.1 Å². The van der Waals surface area contributed by atoms with E-state index in [-0.39, 0.29) is 29.3 Å². The number of benzene rings is 2. The van der Waals surface area contributed by atoms with Crippen LogP contribution in [0.1, 0.15) is 29.5 Å². The van der Waals surface area contributed by atoms with E-state index in [0.29, 0.717) is 43.7 Å². The van der Waals surface area contributed by atoms with Crippen LogP contribution in [0.5, 0.6) is 0 Å². The van der Waals surface area contributed by atoms with Crippen molar-refractivity contribution >= 4 is 23.1 Å². The van der Waals surface area contributed by atoms with Crippen LogP contribution in [0.15, 0.2) is 59.0 Å². The highest BCUT2D eigenvalue weighted by molar-refractivity contribution is 5.78. The van der Waals surface area contributed by atoms with Crippen molar-refractivity contribution in [2.24, 2.45) is 11.5 Å². The maximum absolute atomic E-state index is 14.1. The van der Waals surface area contributed by atoms with Crippen LogP contribution < -0.4 is 11.5 Å². The second-order valence-electron chi connectivity index (χ2n) is 9.37. The molecular formula is C27H27F3N8O. The van der Waals surface area contributed by atoms with Crippen molar-refractivity contribution in [1.29, 1.82) is 10.8 Å². The average Bonchev–Trinajstić information content (AvgIpc) is 3.43. The van der Waals surface area contributed by atoms with Crippen molar-refractivity contribution in [2.75, 3.05) is 26.2 Å². The Hall–Kier alpha value is -4.61. The summed E-state index contributed by atoms with van der Waals surface area (Å²) in [5.41, 5.74) is 13.9. The molecule has 1 aromatic heterocycles. The number of guanidine groups is 2. The Morgan fingerprint density at radius 2 is 1.28 bits per heavy atom. The summed E-state index contributed by atoms with van der Waals surface area (Å²) in [4.78, 5) is 3.41. The molecule has 202 valence electrons. The minimum absolute atomic E-state index is 0.0447. The molecule has 0 atom stereocenters. The molecule has 0 bridgehead atoms. The molecule has 6 N–H and O–H groups in total. The van der Waals surface area contributed by atoms with Gasteiger partial charge in [-0.05, 0) is 59.4 Å². The predicted molar refractivity (Wildman–Crippen MR) is 142 cm³/mol. The van der Waals surface area contributed by atoms with Crippen molar-refractivity contribution < 1.29 is 17.6 Å². The molecule has 0 radical (unpaired) electrons. The van der Waals surface area contributed by atoms with Crippen LogP contribution >= 0.6 is 0 Å². The van der Waals surface area contributed by atoms with Gasteiger partial charge in [-0.25, -0.2) is 0 Å². The number of nitrogens with two attached hydrogens (primary N) is 2. The van der Waals surface area contributed by atoms with Crippen molar-refractivity contribution in [3.05, 3.63) is 71.3 Å². The third-order valence-corrected chi connectivity index (χ3v) is 6.95. The van der Waals surface area contributed by atoms with Crippen LogP contribution in [-0.2, 0) is 6.18 Å². The molecule has 5 rings (SSSR count). The first-order valence-electron chi connectivity index (χ1n) is 12.3. The van der Waals surface area contributed by atoms with Crippen molar-refractivity contribution in [3.63, 3.8) is 0 Å². The second kappa shape index (κ2) is 10.3. The first-order valence-corrected chi connectivity index (χ1v) is 12.3. The van der Waals surface area contributed by atoms with E-state index in [2.05, 4.69) is 10.2 Å². The Kier molecular flexibility index (Phi) is 6.85. The summed E-state index contributed by atoms with van der Waals surface area (Å²) < 4.78 is 47.9. The van der Waals surface area contributed by atoms with Gasteiger partial charge in [-0.1, -0.05) is 30.4 Å². The molecule has 2 aromatic carbocycles. The number of aromatic nitrogens is 2. The zero-order valence-electron chi connectivity index (χ0n) is 20.9. The Balaban J connectivity index is 1.38. The van der Waals surface area contributed by atoms with Crippen LogP contribution in [0.2, 0.25) is 0 Å². The smallest absolute Gasteiger partial charge is 0.416 e. The van der Waals surface area contributed by atoms with E-state index >= 15 is 0 Å². The molecule has 0 aliphatic carbocycles. The highest BCUT2D eigenvalue weighted by atomic mass is 19.4. The molecule has 9 nitrogen and oxygen atoms in total. The number of hydrogen-bond acceptors (Lipinski definition) is 5. The highest BCUT2D eigenvalue weighted by Gasteiger charge is 2.36. The van der Waals surface area contributed by atoms with Gasteiger partial charge in [-0.15, -0.1) is 10.2 Å². The molecule has 3 aromatic rings. The number of hydrogen-bond donors (Lipinski definition) is 4. The van der Waals surface area contributed by atoms with E-state index in [1.54, 1.807) is 34.1 Å². The molecular weight excluding hydrogens is 509 g/mol. The number of nitrogens with zero attached hydrogens (tertiary/aromatic N) is 4. The maximum atomic E-state index is 14.1. The van der Waals surface area contributed by atoms with E-state index in [1.165, 1.54) is 6.07 Å². The highest BCUT2D eigenvalue weighted by Crippen LogP contribution is 2.39. The van der Waals surface area contributed by atoms with E-state index in [0.717, 1.165) is 29.2 Å². The molecule has 0 saturated heterocycles. The standard InChI is InChI=1S/C27H27F3N8O/c28-27(29,30)22-15-20(18-9-13-38(14-10-18)26(33)34)5-6-21(22)24-36-35-23(39-24)19-3-1-16(2-4-19)17-7-11-37(12-8-17)25(31)32/h1-7,9,15H,8,10-14H2,(H3,31,32)(H3,33,34). The van der Waals surface area contributed by atoms with Gasteiger partial charge in [0.1, 0.15) is 0 Å². The number of alkyl halides is 3. The van der Waals surface area contributed by atoms with Crippen molar-refractivity contribution in [3.8, 4) is 22.9 Å². The zero-order chi connectivity index (χ0) is 27.7. The Bertz CT molecular complexity index is 1470. The molecule has 12 heteroatoms. The normalized spacial score (nSPS) is 16.1. The van der Waals surface area contributed by atoms with Crippen LogP contribution in [-0.4, -0.2) is 58.1 Å². The van der Waals surface area contributed by atoms with Gasteiger partial charge in [0.2, 0.25) is 11.8 Å². The first kappa shape index (κ1) is 26.0. The van der Waals surface area contributed by atoms with Gasteiger partial charge < -0.3 is 25.7 Å². The predicted octanol–water partition coefficient (Wildman–Crippen LogP) is 4.39. The summed E-state index contributed by atoms with van der Waals surface area (Å²) in [5, 5.41) is 23.0. The van der Waals surface area contributed by atoms with Crippen LogP contribution in [0, 0.1) is 10.8 Å². The van der Waals surface area contributed by atoms with Gasteiger partial charge in [-0.3, -0.25) is 10.8 Å². The minimum Gasteiger partial charge on any atom is -0.416 e. The van der Waals surface area contributed by atoms with Crippen LogP contribution in [0.3, 0.4) is 0 Å². The molecule has 0 unspecified atom stereocenters. The summed E-state index contributed by atoms with van der Waals surface area (Å²) in [6.07, 6.45) is 0.398. The summed E-state index contributed by atoms with van der Waals surface area (Å²) in [7, 11) is 0. The van der Waals surface area contributed by atoms with Gasteiger partial charge in [0.25, 0.3) is 0 Å². The lowest BCUT2D eigenvalue weighted by atomic mass is 9.95. The Morgan fingerprint density at radius 3 is 1.79 bits per heavy atom. The van der Waals surface area contributed by atoms with Crippen molar-refractivity contribution in [1.82, 2.24) is 20.0 Å². The van der Waals surface area contributed by atoms with Gasteiger partial charge in [0.05, 0.1) is 11.1 Å². The van der Waals surface area contributed by atoms with Gasteiger partial charge in [0.15, 0.2) is 11.9 Å². The van der Waals surface area contributed by atoms with E-state index in [1.807, 2.05) is 18.2 Å². The summed E-state index contributed by atoms with van der Waals surface area (Å²) >= 11 is 0. The number of nitrogens with one attached hydrogen (secondary N) is 2. The van der Waals surface area contributed by atoms with E-state index in [4.69, 9.17) is 26.7 Å². The lowest BCUT2D eigenvalue weighted by molar-refractivity contribution is -0.137. The fourth-order valence-corrected chi connectivity index (χ4v) is 4.74. The maximum Gasteiger partial charge on any atom is 0.417 e. The van der Waals surface area contributed by atoms with E-state index in [9.17, 15) is 13.2 Å². The molecule has 2 aliphatic rings. The molecule has 39 heavy (non-hydrogen) atoms. The lowest BCUT2D eigenvalue weighted by Crippen LogP contribution is -2.39. The molecule has 3 heterocycles. The zero-order valence-corrected chi connectivity index (χ0v) is 20.9. The molecule has 0 spiro atoms. The summed E-state index contributed by atoms with van der Waals surface area (Å²) in [5.74, 6) is -0.116. The summed E-state index contributed by atoms with van der Waals surface area (Å²) in [6, 6.07) is 11.5. The van der Waals surface area contributed by atoms with Crippen LogP contribution in [0.4, 0.5) is 13.2 Å². The van der Waals surface area contributed by atoms with E-state index < -0.39 is 11.7 Å². The van der Waals surface area contributed by atoms with Gasteiger partial charge in [0, 0.05) is 31.7 Å². The second-order valence-corrected chi connectivity index (χ2v) is 9.37. The third-order valence-electron chi connectivity index (χ3n) is 6.95. The fraction of sp³-hybridized carbons (Fsp3) is 0.259.